The van der Waals surface area contributed by atoms with Crippen LogP contribution in [-0.2, 0) is 0 Å². The second-order valence-corrected chi connectivity index (χ2v) is 1.55. The smallest absolute Gasteiger partial charge is 0.113 e. The molecule has 0 bridgehead atoms. The molecule has 0 aromatic carbocycles. The topological polar surface area (TPSA) is 36.4 Å². The maximum Gasteiger partial charge on any atom is 0.113 e. The highest BCUT2D eigenvalue weighted by molar-refractivity contribution is 5.65. The van der Waals surface area contributed by atoms with Crippen molar-refractivity contribution in [2.24, 2.45) is 4.99 Å². The Morgan fingerprint density at radius 2 is 2.62 bits per heavy atom. The Morgan fingerprint density at radius 3 is 3.00 bits per heavy atom. The maximum atomic E-state index is 3.90. The zero-order valence-electron chi connectivity index (χ0n) is 4.76. The summed E-state index contributed by atoms with van der Waals surface area (Å²) < 4.78 is 0. The van der Waals surface area contributed by atoms with Crippen LogP contribution in [0.15, 0.2) is 17.4 Å². The van der Waals surface area contributed by atoms with Gasteiger partial charge in [-0.25, -0.2) is 0 Å². The van der Waals surface area contributed by atoms with Crippen LogP contribution in [0.5, 0.6) is 0 Å². The molecule has 0 fully saturated rings. The summed E-state index contributed by atoms with van der Waals surface area (Å²) in [6.07, 6.45) is 5.54. The number of hydrogen-bond donors (Lipinski definition) is 2. The van der Waals surface area contributed by atoms with Gasteiger partial charge >= 0.3 is 0 Å². The molecule has 1 unspecified atom stereocenters. The molecule has 0 aromatic heterocycles. The molecule has 1 heterocycles. The van der Waals surface area contributed by atoms with Crippen LogP contribution in [-0.4, -0.2) is 19.4 Å². The van der Waals surface area contributed by atoms with Crippen LogP contribution in [0.25, 0.3) is 0 Å². The summed E-state index contributed by atoms with van der Waals surface area (Å²) in [5.41, 5.74) is 0. The van der Waals surface area contributed by atoms with Crippen molar-refractivity contribution < 1.29 is 0 Å². The number of nitrogens with zero attached hydrogens (tertiary/aromatic N) is 1. The molecule has 44 valence electrons. The van der Waals surface area contributed by atoms with Gasteiger partial charge in [-0.3, -0.25) is 10.3 Å². The standard InChI is InChI=1S/C5H9N3/c1-6-5-4-7-2-3-8-5/h2-6,8H,1H3. The highest BCUT2D eigenvalue weighted by Gasteiger charge is 1.97. The molecule has 0 aromatic rings. The first-order valence-electron chi connectivity index (χ1n) is 2.55. The lowest BCUT2D eigenvalue weighted by Crippen LogP contribution is -2.39. The first-order valence-corrected chi connectivity index (χ1v) is 2.55. The maximum absolute atomic E-state index is 3.90. The summed E-state index contributed by atoms with van der Waals surface area (Å²) in [5.74, 6) is 0. The minimum absolute atomic E-state index is 0.208. The van der Waals surface area contributed by atoms with E-state index in [4.69, 9.17) is 0 Å². The van der Waals surface area contributed by atoms with Crippen LogP contribution in [0.3, 0.4) is 0 Å². The van der Waals surface area contributed by atoms with Gasteiger partial charge in [-0.2, -0.15) is 0 Å². The second kappa shape index (κ2) is 2.47. The highest BCUT2D eigenvalue weighted by atomic mass is 15.1. The van der Waals surface area contributed by atoms with E-state index in [-0.39, 0.29) is 6.17 Å². The quantitative estimate of drug-likeness (QED) is 0.486. The molecule has 0 amide bonds. The van der Waals surface area contributed by atoms with Gasteiger partial charge in [0.1, 0.15) is 6.17 Å². The average Bonchev–Trinajstić information content (AvgIpc) is 1.90. The molecule has 1 rings (SSSR count). The van der Waals surface area contributed by atoms with E-state index in [0.717, 1.165) is 0 Å². The van der Waals surface area contributed by atoms with Gasteiger partial charge in [0.05, 0.1) is 0 Å². The van der Waals surface area contributed by atoms with Crippen molar-refractivity contribution in [3.05, 3.63) is 12.4 Å². The summed E-state index contributed by atoms with van der Waals surface area (Å²) in [7, 11) is 1.88. The van der Waals surface area contributed by atoms with E-state index < -0.39 is 0 Å². The van der Waals surface area contributed by atoms with Crippen molar-refractivity contribution in [1.29, 1.82) is 0 Å². The fourth-order valence-electron chi connectivity index (χ4n) is 0.526. The Bertz CT molecular complexity index is 117. The van der Waals surface area contributed by atoms with Crippen molar-refractivity contribution in [2.45, 2.75) is 6.17 Å². The van der Waals surface area contributed by atoms with Gasteiger partial charge in [0.15, 0.2) is 0 Å². The first kappa shape index (κ1) is 5.31. The fraction of sp³-hybridized carbons (Fsp3) is 0.400. The summed E-state index contributed by atoms with van der Waals surface area (Å²) in [5, 5.41) is 6.02. The average molecular weight is 111 g/mol. The predicted octanol–water partition coefficient (Wildman–Crippen LogP) is -0.323. The third-order valence-corrected chi connectivity index (χ3v) is 0.983. The van der Waals surface area contributed by atoms with Crippen molar-refractivity contribution in [3.63, 3.8) is 0 Å². The van der Waals surface area contributed by atoms with E-state index >= 15 is 0 Å². The summed E-state index contributed by atoms with van der Waals surface area (Å²) in [6.45, 7) is 0. The van der Waals surface area contributed by atoms with Crippen molar-refractivity contribution >= 4 is 6.21 Å². The van der Waals surface area contributed by atoms with E-state index in [0.29, 0.717) is 0 Å². The van der Waals surface area contributed by atoms with Crippen LogP contribution in [0, 0.1) is 0 Å². The van der Waals surface area contributed by atoms with Crippen LogP contribution in [0.2, 0.25) is 0 Å². The Labute approximate surface area is 48.5 Å². The molecule has 1 aliphatic heterocycles. The Kier molecular flexibility index (Phi) is 1.64. The predicted molar refractivity (Wildman–Crippen MR) is 33.6 cm³/mol. The number of aliphatic imine (C=N–C) groups is 1. The largest absolute Gasteiger partial charge is 0.370 e. The second-order valence-electron chi connectivity index (χ2n) is 1.55. The Balaban J connectivity index is 2.40. The zero-order chi connectivity index (χ0) is 5.82. The van der Waals surface area contributed by atoms with Gasteiger partial charge in [0.2, 0.25) is 0 Å². The summed E-state index contributed by atoms with van der Waals surface area (Å²) >= 11 is 0. The van der Waals surface area contributed by atoms with E-state index in [2.05, 4.69) is 15.6 Å². The molecule has 0 aliphatic carbocycles. The van der Waals surface area contributed by atoms with E-state index in [1.54, 1.807) is 18.6 Å². The van der Waals surface area contributed by atoms with E-state index in [9.17, 15) is 0 Å². The third kappa shape index (κ3) is 1.07. The normalized spacial score (nSPS) is 25.4. The van der Waals surface area contributed by atoms with Crippen LogP contribution in [0.1, 0.15) is 0 Å². The molecule has 1 atom stereocenters. The Morgan fingerprint density at radius 1 is 1.75 bits per heavy atom. The molecule has 1 aliphatic rings. The molecule has 3 heteroatoms. The van der Waals surface area contributed by atoms with Crippen molar-refractivity contribution in [1.82, 2.24) is 10.6 Å². The highest BCUT2D eigenvalue weighted by Crippen LogP contribution is 1.81. The molecule has 8 heavy (non-hydrogen) atoms. The molecular weight excluding hydrogens is 102 g/mol. The SMILES string of the molecule is CNC1C=NC=CN1. The van der Waals surface area contributed by atoms with Gasteiger partial charge in [0, 0.05) is 18.6 Å². The van der Waals surface area contributed by atoms with Crippen LogP contribution < -0.4 is 10.6 Å². The molecule has 2 N–H and O–H groups in total. The number of rotatable bonds is 1. The molecule has 0 radical (unpaired) electrons. The minimum Gasteiger partial charge on any atom is -0.370 e. The molecule has 3 nitrogen and oxygen atoms in total. The van der Waals surface area contributed by atoms with Crippen molar-refractivity contribution in [2.75, 3.05) is 7.05 Å². The van der Waals surface area contributed by atoms with Crippen LogP contribution >= 0.6 is 0 Å². The van der Waals surface area contributed by atoms with Crippen molar-refractivity contribution in [3.8, 4) is 0 Å². The monoisotopic (exact) mass is 111 g/mol. The lowest BCUT2D eigenvalue weighted by atomic mass is 10.5. The Hall–Kier alpha value is -0.830. The molecular formula is C5H9N3. The van der Waals surface area contributed by atoms with Gasteiger partial charge in [-0.15, -0.1) is 0 Å². The molecule has 0 saturated heterocycles. The van der Waals surface area contributed by atoms with Gasteiger partial charge in [-0.05, 0) is 7.05 Å². The minimum atomic E-state index is 0.208. The van der Waals surface area contributed by atoms with E-state index in [1.165, 1.54) is 0 Å². The molecule has 0 saturated carbocycles. The van der Waals surface area contributed by atoms with Gasteiger partial charge in [0.25, 0.3) is 0 Å². The van der Waals surface area contributed by atoms with E-state index in [1.807, 2.05) is 7.05 Å². The lowest BCUT2D eigenvalue weighted by molar-refractivity contribution is 0.645. The zero-order valence-corrected chi connectivity index (χ0v) is 4.76. The van der Waals surface area contributed by atoms with Gasteiger partial charge < -0.3 is 5.32 Å². The summed E-state index contributed by atoms with van der Waals surface area (Å²) in [4.78, 5) is 3.90. The van der Waals surface area contributed by atoms with Gasteiger partial charge in [-0.1, -0.05) is 0 Å². The summed E-state index contributed by atoms with van der Waals surface area (Å²) in [6, 6.07) is 0. The molecule has 0 spiro atoms. The third-order valence-electron chi connectivity index (χ3n) is 0.983. The fourth-order valence-corrected chi connectivity index (χ4v) is 0.526. The number of hydrogen-bond acceptors (Lipinski definition) is 3. The van der Waals surface area contributed by atoms with Crippen LogP contribution in [0.4, 0.5) is 0 Å². The first-order chi connectivity index (χ1) is 3.93. The lowest BCUT2D eigenvalue weighted by Gasteiger charge is -2.12. The number of nitrogens with one attached hydrogen (secondary N) is 2.